The van der Waals surface area contributed by atoms with Crippen molar-refractivity contribution < 1.29 is 28.0 Å². The van der Waals surface area contributed by atoms with Crippen molar-refractivity contribution in [3.63, 3.8) is 0 Å². The highest BCUT2D eigenvalue weighted by Gasteiger charge is 2.20. The minimum absolute atomic E-state index is 0.297. The number of anilines is 1. The van der Waals surface area contributed by atoms with Crippen molar-refractivity contribution in [1.82, 2.24) is 0 Å². The molecule has 0 aliphatic rings. The third kappa shape index (κ3) is 5.12. The first-order valence-electron chi connectivity index (χ1n) is 7.58. The number of amides is 1. The molecule has 0 bridgehead atoms. The molecule has 0 spiro atoms. The monoisotopic (exact) mass is 391 g/mol. The first kappa shape index (κ1) is 20.1. The quantitative estimate of drug-likeness (QED) is 0.265. The number of phenols is 1. The first-order valence-corrected chi connectivity index (χ1v) is 9.02. The van der Waals surface area contributed by atoms with Crippen LogP contribution in [0.1, 0.15) is 12.5 Å². The van der Waals surface area contributed by atoms with Gasteiger partial charge in [0.1, 0.15) is 16.3 Å². The number of carbonyl (C=O) groups excluding carboxylic acids is 1. The predicted molar refractivity (Wildman–Crippen MR) is 97.6 cm³/mol. The van der Waals surface area contributed by atoms with Gasteiger partial charge in [-0.25, -0.2) is 0 Å². The fourth-order valence-corrected chi connectivity index (χ4v) is 2.78. The first-order chi connectivity index (χ1) is 12.6. The molecule has 0 unspecified atom stereocenters. The molecular formula is C17H17N3O6S. The number of carbonyl (C=O) groups is 1. The van der Waals surface area contributed by atoms with Crippen molar-refractivity contribution in [2.75, 3.05) is 5.32 Å². The summed E-state index contributed by atoms with van der Waals surface area (Å²) < 4.78 is 31.8. The van der Waals surface area contributed by atoms with Crippen LogP contribution < -0.4 is 5.32 Å². The van der Waals surface area contributed by atoms with Gasteiger partial charge in [-0.3, -0.25) is 9.35 Å². The molecule has 4 N–H and O–H groups in total. The van der Waals surface area contributed by atoms with Crippen LogP contribution in [0.2, 0.25) is 0 Å². The van der Waals surface area contributed by atoms with Crippen LogP contribution in [0.15, 0.2) is 69.0 Å². The average Bonchev–Trinajstić information content (AvgIpc) is 2.57. The summed E-state index contributed by atoms with van der Waals surface area (Å²) in [6.45, 7) is 2.74. The van der Waals surface area contributed by atoms with Crippen LogP contribution >= 0.6 is 0 Å². The molecule has 142 valence electrons. The summed E-state index contributed by atoms with van der Waals surface area (Å²) in [4.78, 5) is 11.5. The zero-order valence-corrected chi connectivity index (χ0v) is 15.2. The van der Waals surface area contributed by atoms with Crippen LogP contribution in [0, 0.1) is 6.92 Å². The second kappa shape index (κ2) is 7.98. The van der Waals surface area contributed by atoms with Crippen molar-refractivity contribution in [1.29, 1.82) is 0 Å². The van der Waals surface area contributed by atoms with E-state index < -0.39 is 38.1 Å². The van der Waals surface area contributed by atoms with E-state index in [1.165, 1.54) is 19.9 Å². The Hall–Kier alpha value is -3.24. The lowest BCUT2D eigenvalue weighted by Gasteiger charge is -2.07. The highest BCUT2D eigenvalue weighted by atomic mass is 32.2. The van der Waals surface area contributed by atoms with E-state index in [0.29, 0.717) is 11.3 Å². The van der Waals surface area contributed by atoms with E-state index in [4.69, 9.17) is 4.55 Å². The number of aryl methyl sites for hydroxylation is 1. The lowest BCUT2D eigenvalue weighted by molar-refractivity contribution is -0.113. The third-order valence-electron chi connectivity index (χ3n) is 3.32. The Morgan fingerprint density at radius 1 is 1.15 bits per heavy atom. The van der Waals surface area contributed by atoms with Gasteiger partial charge in [-0.1, -0.05) is 18.2 Å². The van der Waals surface area contributed by atoms with Gasteiger partial charge in [-0.2, -0.15) is 8.42 Å². The van der Waals surface area contributed by atoms with Crippen LogP contribution in [0.5, 0.6) is 5.75 Å². The number of azo groups is 1. The maximum atomic E-state index is 12.3. The highest BCUT2D eigenvalue weighted by Crippen LogP contribution is 2.35. The molecule has 0 aliphatic heterocycles. The van der Waals surface area contributed by atoms with Crippen molar-refractivity contribution >= 4 is 27.4 Å². The van der Waals surface area contributed by atoms with E-state index in [0.717, 1.165) is 6.07 Å². The molecule has 0 saturated carbocycles. The summed E-state index contributed by atoms with van der Waals surface area (Å²) in [7, 11) is -4.68. The van der Waals surface area contributed by atoms with E-state index in [9.17, 15) is 23.4 Å². The number of benzene rings is 2. The lowest BCUT2D eigenvalue weighted by Crippen LogP contribution is -2.14. The van der Waals surface area contributed by atoms with Crippen molar-refractivity contribution in [3.05, 3.63) is 59.5 Å². The summed E-state index contributed by atoms with van der Waals surface area (Å²) in [5.41, 5.74) is 0.0972. The molecule has 10 heteroatoms. The molecule has 0 radical (unpaired) electrons. The van der Waals surface area contributed by atoms with Crippen LogP contribution in [-0.4, -0.2) is 29.1 Å². The van der Waals surface area contributed by atoms with Crippen LogP contribution in [0.25, 0.3) is 0 Å². The second-order valence-electron chi connectivity index (χ2n) is 5.56. The van der Waals surface area contributed by atoms with E-state index in [2.05, 4.69) is 15.5 Å². The van der Waals surface area contributed by atoms with Gasteiger partial charge in [0.15, 0.2) is 11.4 Å². The lowest BCUT2D eigenvalue weighted by atomic mass is 10.2. The van der Waals surface area contributed by atoms with Gasteiger partial charge < -0.3 is 15.5 Å². The van der Waals surface area contributed by atoms with Gasteiger partial charge in [0, 0.05) is 5.69 Å². The number of nitrogens with zero attached hydrogens (tertiary/aromatic N) is 2. The van der Waals surface area contributed by atoms with E-state index in [1.807, 2.05) is 0 Å². The molecule has 0 aliphatic carbocycles. The normalized spacial score (nSPS) is 12.7. The molecule has 0 atom stereocenters. The highest BCUT2D eigenvalue weighted by molar-refractivity contribution is 7.86. The molecule has 2 aromatic rings. The second-order valence-corrected chi connectivity index (χ2v) is 6.95. The number of phenolic OH excluding ortho intramolecular Hbond substituents is 1. The summed E-state index contributed by atoms with van der Waals surface area (Å²) in [5, 5.41) is 29.5. The number of para-hydroxylation sites is 1. The SMILES string of the molecule is C/C(O)=C(/N=Nc1cc(C)cc(S(=O)(=O)O)c1O)C(=O)Nc1ccccc1. The zero-order chi connectivity index (χ0) is 20.2. The zero-order valence-electron chi connectivity index (χ0n) is 14.4. The fraction of sp³-hybridized carbons (Fsp3) is 0.118. The maximum absolute atomic E-state index is 12.3. The van der Waals surface area contributed by atoms with E-state index in [-0.39, 0.29) is 5.69 Å². The molecule has 0 fully saturated rings. The molecular weight excluding hydrogens is 374 g/mol. The Labute approximate surface area is 155 Å². The van der Waals surface area contributed by atoms with Crippen molar-refractivity contribution in [2.24, 2.45) is 10.2 Å². The van der Waals surface area contributed by atoms with E-state index >= 15 is 0 Å². The Balaban J connectivity index is 2.38. The molecule has 2 aromatic carbocycles. The number of hydrogen-bond acceptors (Lipinski definition) is 7. The number of nitrogens with one attached hydrogen (secondary N) is 1. The molecule has 1 amide bonds. The minimum atomic E-state index is -4.68. The maximum Gasteiger partial charge on any atom is 0.298 e. The standard InChI is InChI=1S/C17H17N3O6S/c1-10-8-13(16(22)14(9-10)27(24,25)26)19-20-15(11(2)21)17(23)18-12-6-4-3-5-7-12/h3-9,21-22H,1-2H3,(H,18,23)(H,24,25,26)/b15-11-,20-19?. The van der Waals surface area contributed by atoms with Gasteiger partial charge in [0.2, 0.25) is 0 Å². The number of aliphatic hydroxyl groups excluding tert-OH is 1. The number of allylic oxidation sites excluding steroid dienone is 1. The molecule has 27 heavy (non-hydrogen) atoms. The summed E-state index contributed by atoms with van der Waals surface area (Å²) in [5.74, 6) is -2.02. The number of rotatable bonds is 5. The van der Waals surface area contributed by atoms with Gasteiger partial charge in [-0.15, -0.1) is 10.2 Å². The summed E-state index contributed by atoms with van der Waals surface area (Å²) in [6, 6.07) is 10.8. The van der Waals surface area contributed by atoms with Gasteiger partial charge >= 0.3 is 0 Å². The Morgan fingerprint density at radius 3 is 2.33 bits per heavy atom. The summed E-state index contributed by atoms with van der Waals surface area (Å²) >= 11 is 0. The number of aliphatic hydroxyl groups is 1. The smallest absolute Gasteiger partial charge is 0.298 e. The van der Waals surface area contributed by atoms with E-state index in [1.54, 1.807) is 30.3 Å². The summed E-state index contributed by atoms with van der Waals surface area (Å²) in [6.07, 6.45) is 0. The Morgan fingerprint density at radius 2 is 1.78 bits per heavy atom. The van der Waals surface area contributed by atoms with Crippen LogP contribution in [-0.2, 0) is 14.9 Å². The predicted octanol–water partition coefficient (Wildman–Crippen LogP) is 3.46. The van der Waals surface area contributed by atoms with Gasteiger partial charge in [0.05, 0.1) is 0 Å². The fourth-order valence-electron chi connectivity index (χ4n) is 2.10. The Kier molecular flexibility index (Phi) is 5.93. The van der Waals surface area contributed by atoms with Crippen LogP contribution in [0.4, 0.5) is 11.4 Å². The molecule has 9 nitrogen and oxygen atoms in total. The number of aromatic hydroxyl groups is 1. The topological polar surface area (TPSA) is 149 Å². The molecule has 0 aromatic heterocycles. The van der Waals surface area contributed by atoms with Gasteiger partial charge in [-0.05, 0) is 43.7 Å². The van der Waals surface area contributed by atoms with Crippen LogP contribution in [0.3, 0.4) is 0 Å². The molecule has 0 saturated heterocycles. The molecule has 0 heterocycles. The van der Waals surface area contributed by atoms with Crippen molar-refractivity contribution in [3.8, 4) is 5.75 Å². The van der Waals surface area contributed by atoms with Gasteiger partial charge in [0.25, 0.3) is 16.0 Å². The Bertz CT molecular complexity index is 1030. The minimum Gasteiger partial charge on any atom is -0.510 e. The third-order valence-corrected chi connectivity index (χ3v) is 4.19. The average molecular weight is 391 g/mol. The molecule has 2 rings (SSSR count). The number of hydrogen-bond donors (Lipinski definition) is 4. The van der Waals surface area contributed by atoms with Crippen molar-refractivity contribution in [2.45, 2.75) is 18.7 Å². The largest absolute Gasteiger partial charge is 0.510 e.